The van der Waals surface area contributed by atoms with E-state index in [-0.39, 0.29) is 11.5 Å². The maximum absolute atomic E-state index is 12.2. The number of hydrogen-bond donors (Lipinski definition) is 1. The molecule has 4 rings (SSSR count). The van der Waals surface area contributed by atoms with E-state index in [9.17, 15) is 9.90 Å². The summed E-state index contributed by atoms with van der Waals surface area (Å²) in [7, 11) is 0. The lowest BCUT2D eigenvalue weighted by Gasteiger charge is -2.11. The minimum Gasteiger partial charge on any atom is -0.512 e. The van der Waals surface area contributed by atoms with Crippen molar-refractivity contribution in [2.24, 2.45) is 0 Å². The molecular formula is C20H15Cl2NO3S. The molecule has 1 aromatic heterocycles. The van der Waals surface area contributed by atoms with Crippen LogP contribution in [0.5, 0.6) is 10.9 Å². The molecule has 0 saturated carbocycles. The van der Waals surface area contributed by atoms with Crippen LogP contribution in [0.15, 0.2) is 36.1 Å². The highest BCUT2D eigenvalue weighted by atomic mass is 35.5. The zero-order valence-electron chi connectivity index (χ0n) is 14.4. The molecule has 0 bridgehead atoms. The van der Waals surface area contributed by atoms with E-state index in [1.165, 1.54) is 11.3 Å². The fourth-order valence-electron chi connectivity index (χ4n) is 3.19. The smallest absolute Gasteiger partial charge is 0.279 e. The van der Waals surface area contributed by atoms with Gasteiger partial charge in [-0.25, -0.2) is 4.98 Å². The Kier molecular flexibility index (Phi) is 4.84. The number of rotatable bonds is 4. The normalized spacial score (nSPS) is 14.4. The molecule has 0 amide bonds. The zero-order chi connectivity index (χ0) is 19.1. The second-order valence-corrected chi connectivity index (χ2v) is 8.07. The summed E-state index contributed by atoms with van der Waals surface area (Å²) in [6.07, 6.45) is 1.47. The number of thiazole rings is 1. The maximum Gasteiger partial charge on any atom is 0.279 e. The zero-order valence-corrected chi connectivity index (χ0v) is 16.7. The predicted molar refractivity (Wildman–Crippen MR) is 109 cm³/mol. The molecule has 0 atom stereocenters. The van der Waals surface area contributed by atoms with Crippen LogP contribution in [0.1, 0.15) is 30.9 Å². The van der Waals surface area contributed by atoms with Gasteiger partial charge in [-0.3, -0.25) is 4.79 Å². The van der Waals surface area contributed by atoms with E-state index < -0.39 is 0 Å². The van der Waals surface area contributed by atoms with Crippen molar-refractivity contribution in [3.05, 3.63) is 57.3 Å². The summed E-state index contributed by atoms with van der Waals surface area (Å²) in [5, 5.41) is 11.6. The van der Waals surface area contributed by atoms with Crippen LogP contribution < -0.4 is 4.74 Å². The van der Waals surface area contributed by atoms with Crippen molar-refractivity contribution in [1.29, 1.82) is 0 Å². The summed E-state index contributed by atoms with van der Waals surface area (Å²) in [6.45, 7) is 2.01. The summed E-state index contributed by atoms with van der Waals surface area (Å²) in [4.78, 5) is 16.6. The highest BCUT2D eigenvalue weighted by Crippen LogP contribution is 2.38. The van der Waals surface area contributed by atoms with Gasteiger partial charge in [0.2, 0.25) is 0 Å². The van der Waals surface area contributed by atoms with E-state index >= 15 is 0 Å². The third kappa shape index (κ3) is 3.43. The molecule has 1 aliphatic rings. The molecular weight excluding hydrogens is 405 g/mol. The lowest BCUT2D eigenvalue weighted by atomic mass is 9.96. The van der Waals surface area contributed by atoms with Gasteiger partial charge in [-0.1, -0.05) is 47.5 Å². The van der Waals surface area contributed by atoms with E-state index in [0.717, 1.165) is 22.2 Å². The number of benzene rings is 2. The van der Waals surface area contributed by atoms with Gasteiger partial charge in [-0.05, 0) is 41.8 Å². The summed E-state index contributed by atoms with van der Waals surface area (Å²) in [5.41, 5.74) is 2.74. The monoisotopic (exact) mass is 419 g/mol. The van der Waals surface area contributed by atoms with Gasteiger partial charge in [0.15, 0.2) is 5.78 Å². The molecule has 0 aliphatic heterocycles. The van der Waals surface area contributed by atoms with Gasteiger partial charge in [0.05, 0.1) is 15.3 Å². The molecule has 7 heteroatoms. The molecule has 4 nitrogen and oxygen atoms in total. The number of nitrogens with zero attached hydrogens (tertiary/aromatic N) is 1. The number of carbonyl (C=O) groups excluding carboxylic acids is 1. The Bertz CT molecular complexity index is 1100. The first-order valence-corrected chi connectivity index (χ1v) is 10.1. The van der Waals surface area contributed by atoms with Crippen molar-refractivity contribution in [1.82, 2.24) is 4.98 Å². The Morgan fingerprint density at radius 3 is 2.74 bits per heavy atom. The number of allylic oxidation sites excluding steroid dienone is 2. The number of aromatic nitrogens is 1. The van der Waals surface area contributed by atoms with Crippen LogP contribution in [-0.4, -0.2) is 15.9 Å². The fraction of sp³-hybridized carbons (Fsp3) is 0.200. The Morgan fingerprint density at radius 2 is 2.04 bits per heavy atom. The van der Waals surface area contributed by atoms with Crippen molar-refractivity contribution in [3.63, 3.8) is 0 Å². The fourth-order valence-corrected chi connectivity index (χ4v) is 4.75. The predicted octanol–water partition coefficient (Wildman–Crippen LogP) is 6.59. The lowest BCUT2D eigenvalue weighted by molar-refractivity contribution is -0.113. The van der Waals surface area contributed by atoms with Crippen LogP contribution in [-0.2, 0) is 11.2 Å². The van der Waals surface area contributed by atoms with E-state index in [1.807, 2.05) is 19.1 Å². The van der Waals surface area contributed by atoms with Crippen LogP contribution >= 0.6 is 34.5 Å². The Balaban J connectivity index is 1.73. The molecule has 2 aromatic carbocycles. The van der Waals surface area contributed by atoms with Crippen molar-refractivity contribution >= 4 is 56.1 Å². The molecule has 138 valence electrons. The van der Waals surface area contributed by atoms with Gasteiger partial charge < -0.3 is 9.84 Å². The molecule has 0 fully saturated rings. The van der Waals surface area contributed by atoms with Crippen LogP contribution in [0.3, 0.4) is 0 Å². The number of hydrogen-bond acceptors (Lipinski definition) is 5. The molecule has 27 heavy (non-hydrogen) atoms. The third-order valence-corrected chi connectivity index (χ3v) is 5.87. The second kappa shape index (κ2) is 7.15. The first-order valence-electron chi connectivity index (χ1n) is 8.48. The first-order chi connectivity index (χ1) is 13.0. The number of Topliss-reactive ketones (excluding diaryl/α,β-unsaturated/α-hetero) is 1. The van der Waals surface area contributed by atoms with Gasteiger partial charge in [0, 0.05) is 17.9 Å². The topological polar surface area (TPSA) is 59.4 Å². The van der Waals surface area contributed by atoms with Crippen LogP contribution in [0.2, 0.25) is 10.0 Å². The molecule has 1 aliphatic carbocycles. The van der Waals surface area contributed by atoms with Gasteiger partial charge in [0.1, 0.15) is 17.0 Å². The van der Waals surface area contributed by atoms with Crippen LogP contribution in [0.4, 0.5) is 0 Å². The van der Waals surface area contributed by atoms with Crippen molar-refractivity contribution in [2.45, 2.75) is 26.2 Å². The number of ketones is 1. The van der Waals surface area contributed by atoms with Gasteiger partial charge in [-0.2, -0.15) is 0 Å². The molecule has 0 unspecified atom stereocenters. The average Bonchev–Trinajstić information content (AvgIpc) is 3.17. The number of halogens is 2. The molecule has 3 aromatic rings. The Morgan fingerprint density at radius 1 is 1.22 bits per heavy atom. The Hall–Kier alpha value is -2.08. The van der Waals surface area contributed by atoms with Gasteiger partial charge in [0.25, 0.3) is 5.19 Å². The number of aliphatic hydroxyl groups is 1. The molecule has 0 radical (unpaired) electrons. The molecule has 0 saturated heterocycles. The summed E-state index contributed by atoms with van der Waals surface area (Å²) in [6, 6.07) is 8.96. The summed E-state index contributed by atoms with van der Waals surface area (Å²) >= 11 is 13.6. The number of aryl methyl sites for hydroxylation is 1. The van der Waals surface area contributed by atoms with Crippen molar-refractivity contribution in [3.8, 4) is 10.9 Å². The lowest BCUT2D eigenvalue weighted by Crippen LogP contribution is -2.01. The molecule has 1 N–H and O–H groups in total. The summed E-state index contributed by atoms with van der Waals surface area (Å²) < 4.78 is 6.75. The van der Waals surface area contributed by atoms with E-state index in [0.29, 0.717) is 44.9 Å². The van der Waals surface area contributed by atoms with Crippen molar-refractivity contribution in [2.75, 3.05) is 0 Å². The molecule has 0 spiro atoms. The van der Waals surface area contributed by atoms with Gasteiger partial charge in [-0.15, -0.1) is 0 Å². The number of ether oxygens (including phenoxy) is 1. The third-order valence-electron chi connectivity index (χ3n) is 4.49. The quantitative estimate of drug-likeness (QED) is 0.517. The average molecular weight is 420 g/mol. The number of carbonyl (C=O) groups is 1. The first kappa shape index (κ1) is 18.3. The van der Waals surface area contributed by atoms with Crippen LogP contribution in [0, 0.1) is 0 Å². The minimum absolute atomic E-state index is 0.0410. The van der Waals surface area contributed by atoms with Crippen molar-refractivity contribution < 1.29 is 14.6 Å². The summed E-state index contributed by atoms with van der Waals surface area (Å²) in [5.74, 6) is 0.650. The highest BCUT2D eigenvalue weighted by Gasteiger charge is 2.26. The number of fused-ring (bicyclic) bond motifs is 1. The SMILES string of the molecule is CCc1ccc(Oc2nc3c(Cl)cc(Cl)cc3s2)cc1C1=C(O)CCC1=O. The Labute approximate surface area is 170 Å². The molecule has 1 heterocycles. The largest absolute Gasteiger partial charge is 0.512 e. The van der Waals surface area contributed by atoms with Crippen LogP contribution in [0.25, 0.3) is 15.8 Å². The highest BCUT2D eigenvalue weighted by molar-refractivity contribution is 7.20. The van der Waals surface area contributed by atoms with E-state index in [2.05, 4.69) is 4.98 Å². The number of aliphatic hydroxyl groups excluding tert-OH is 1. The standard InChI is InChI=1S/C20H15Cl2NO3S/c1-2-10-3-4-12(9-13(10)18-15(24)5-6-16(18)25)26-20-23-19-14(22)7-11(21)8-17(19)27-20/h3-4,7-9,24H,2,5-6H2,1H3. The maximum atomic E-state index is 12.2. The van der Waals surface area contributed by atoms with Gasteiger partial charge >= 0.3 is 0 Å². The minimum atomic E-state index is -0.0410. The van der Waals surface area contributed by atoms with E-state index in [1.54, 1.807) is 18.2 Å². The van der Waals surface area contributed by atoms with E-state index in [4.69, 9.17) is 27.9 Å². The second-order valence-electron chi connectivity index (χ2n) is 6.23.